The predicted molar refractivity (Wildman–Crippen MR) is 97.6 cm³/mol. The van der Waals surface area contributed by atoms with Crippen molar-refractivity contribution in [2.45, 2.75) is 31.8 Å². The fourth-order valence-corrected chi connectivity index (χ4v) is 3.57. The zero-order valence-electron chi connectivity index (χ0n) is 16.2. The van der Waals surface area contributed by atoms with Crippen molar-refractivity contribution in [3.63, 3.8) is 0 Å². The summed E-state index contributed by atoms with van der Waals surface area (Å²) in [6, 6.07) is 8.35. The van der Waals surface area contributed by atoms with E-state index in [1.807, 2.05) is 32.0 Å². The monoisotopic (exact) mass is 375 g/mol. The highest BCUT2D eigenvalue weighted by atomic mass is 16.5. The SMILES string of the molecule is COC(=O)C1=C(C(=O)OC)[C@@](CC(C)C)(C(=O)OC)N[C@H]1c1ccccc1. The first-order valence-electron chi connectivity index (χ1n) is 8.64. The molecule has 0 radical (unpaired) electrons. The van der Waals surface area contributed by atoms with Crippen LogP contribution in [0.2, 0.25) is 0 Å². The second-order valence-electron chi connectivity index (χ2n) is 6.75. The molecule has 0 fully saturated rings. The number of carbonyl (C=O) groups excluding carboxylic acids is 3. The first kappa shape index (κ1) is 20.6. The molecule has 2 rings (SSSR count). The highest BCUT2D eigenvalue weighted by Gasteiger charge is 2.57. The van der Waals surface area contributed by atoms with Crippen LogP contribution in [0.4, 0.5) is 0 Å². The molecule has 1 aliphatic heterocycles. The Hall–Kier alpha value is -2.67. The number of hydrogen-bond donors (Lipinski definition) is 1. The molecule has 7 nitrogen and oxygen atoms in total. The minimum absolute atomic E-state index is 0.0182. The third-order valence-corrected chi connectivity index (χ3v) is 4.55. The molecule has 0 saturated carbocycles. The van der Waals surface area contributed by atoms with Gasteiger partial charge < -0.3 is 14.2 Å². The molecule has 0 bridgehead atoms. The van der Waals surface area contributed by atoms with Crippen LogP contribution < -0.4 is 5.32 Å². The number of carbonyl (C=O) groups is 3. The first-order chi connectivity index (χ1) is 12.8. The highest BCUT2D eigenvalue weighted by molar-refractivity contribution is 6.10. The minimum Gasteiger partial charge on any atom is -0.467 e. The van der Waals surface area contributed by atoms with Gasteiger partial charge in [0, 0.05) is 0 Å². The zero-order chi connectivity index (χ0) is 20.2. The minimum atomic E-state index is -1.51. The van der Waals surface area contributed by atoms with E-state index in [-0.39, 0.29) is 23.5 Å². The van der Waals surface area contributed by atoms with Crippen LogP contribution in [0.5, 0.6) is 0 Å². The lowest BCUT2D eigenvalue weighted by molar-refractivity contribution is -0.150. The topological polar surface area (TPSA) is 90.9 Å². The molecule has 0 spiro atoms. The Morgan fingerprint density at radius 1 is 1.00 bits per heavy atom. The van der Waals surface area contributed by atoms with Crippen LogP contribution in [0.1, 0.15) is 31.9 Å². The summed E-state index contributed by atoms with van der Waals surface area (Å²) >= 11 is 0. The van der Waals surface area contributed by atoms with E-state index in [1.165, 1.54) is 21.3 Å². The second-order valence-corrected chi connectivity index (χ2v) is 6.75. The van der Waals surface area contributed by atoms with Crippen LogP contribution in [0.3, 0.4) is 0 Å². The smallest absolute Gasteiger partial charge is 0.336 e. The lowest BCUT2D eigenvalue weighted by atomic mass is 9.82. The largest absolute Gasteiger partial charge is 0.467 e. The molecule has 146 valence electrons. The number of hydrogen-bond acceptors (Lipinski definition) is 7. The van der Waals surface area contributed by atoms with Crippen molar-refractivity contribution in [2.24, 2.45) is 5.92 Å². The average molecular weight is 375 g/mol. The maximum atomic E-state index is 12.9. The predicted octanol–water partition coefficient (Wildman–Crippen LogP) is 1.93. The number of rotatable bonds is 6. The summed E-state index contributed by atoms with van der Waals surface area (Å²) in [5, 5.41) is 3.18. The van der Waals surface area contributed by atoms with E-state index >= 15 is 0 Å². The van der Waals surface area contributed by atoms with Crippen molar-refractivity contribution >= 4 is 17.9 Å². The lowest BCUT2D eigenvalue weighted by Gasteiger charge is -2.31. The van der Waals surface area contributed by atoms with E-state index in [4.69, 9.17) is 14.2 Å². The van der Waals surface area contributed by atoms with Crippen molar-refractivity contribution in [1.82, 2.24) is 5.32 Å². The van der Waals surface area contributed by atoms with Crippen LogP contribution in [-0.4, -0.2) is 44.8 Å². The molecule has 1 heterocycles. The van der Waals surface area contributed by atoms with E-state index in [2.05, 4.69) is 5.32 Å². The highest BCUT2D eigenvalue weighted by Crippen LogP contribution is 2.43. The van der Waals surface area contributed by atoms with E-state index in [9.17, 15) is 14.4 Å². The van der Waals surface area contributed by atoms with Gasteiger partial charge in [0.2, 0.25) is 0 Å². The standard InChI is InChI=1S/C20H25NO6/c1-12(2)11-20(19(24)27-5)15(18(23)26-4)14(17(22)25-3)16(21-20)13-9-7-6-8-10-13/h6-10,12,16,21H,11H2,1-5H3/t16-,20-/m0/s1. The number of benzene rings is 1. The molecule has 7 heteroatoms. The third kappa shape index (κ3) is 3.73. The van der Waals surface area contributed by atoms with Crippen LogP contribution in [0, 0.1) is 5.92 Å². The van der Waals surface area contributed by atoms with Crippen molar-refractivity contribution in [3.05, 3.63) is 47.0 Å². The lowest BCUT2D eigenvalue weighted by Crippen LogP contribution is -2.54. The summed E-state index contributed by atoms with van der Waals surface area (Å²) in [4.78, 5) is 38.2. The van der Waals surface area contributed by atoms with Gasteiger partial charge >= 0.3 is 17.9 Å². The van der Waals surface area contributed by atoms with Crippen molar-refractivity contribution in [2.75, 3.05) is 21.3 Å². The third-order valence-electron chi connectivity index (χ3n) is 4.55. The van der Waals surface area contributed by atoms with Gasteiger partial charge in [-0.1, -0.05) is 44.2 Å². The van der Waals surface area contributed by atoms with Gasteiger partial charge in [0.25, 0.3) is 0 Å². The fraction of sp³-hybridized carbons (Fsp3) is 0.450. The molecule has 1 N–H and O–H groups in total. The van der Waals surface area contributed by atoms with E-state index in [0.717, 1.165) is 0 Å². The molecule has 0 unspecified atom stereocenters. The maximum Gasteiger partial charge on any atom is 0.336 e. The molecule has 27 heavy (non-hydrogen) atoms. The van der Waals surface area contributed by atoms with Crippen molar-refractivity contribution in [1.29, 1.82) is 0 Å². The van der Waals surface area contributed by atoms with Gasteiger partial charge in [-0.3, -0.25) is 5.32 Å². The number of esters is 3. The Labute approximate surface area is 158 Å². The molecule has 1 aromatic carbocycles. The molecule has 0 amide bonds. The summed E-state index contributed by atoms with van der Waals surface area (Å²) in [5.74, 6) is -2.11. The van der Waals surface area contributed by atoms with Gasteiger partial charge in [0.1, 0.15) is 0 Å². The molecular formula is C20H25NO6. The van der Waals surface area contributed by atoms with Gasteiger partial charge in [0.15, 0.2) is 5.54 Å². The average Bonchev–Trinajstić information content (AvgIpc) is 3.02. The van der Waals surface area contributed by atoms with E-state index < -0.39 is 29.5 Å². The van der Waals surface area contributed by atoms with Gasteiger partial charge in [-0.25, -0.2) is 14.4 Å². The maximum absolute atomic E-state index is 12.9. The molecular weight excluding hydrogens is 350 g/mol. The molecule has 2 atom stereocenters. The van der Waals surface area contributed by atoms with Crippen LogP contribution in [0.15, 0.2) is 41.5 Å². The van der Waals surface area contributed by atoms with Crippen LogP contribution >= 0.6 is 0 Å². The number of ether oxygens (including phenoxy) is 3. The van der Waals surface area contributed by atoms with Crippen molar-refractivity contribution in [3.8, 4) is 0 Å². The van der Waals surface area contributed by atoms with Gasteiger partial charge in [-0.05, 0) is 17.9 Å². The summed E-state index contributed by atoms with van der Waals surface area (Å²) in [5.41, 5.74) is -0.804. The Balaban J connectivity index is 2.80. The second kappa shape index (κ2) is 8.35. The Bertz CT molecular complexity index is 755. The summed E-state index contributed by atoms with van der Waals surface area (Å²) < 4.78 is 14.9. The van der Waals surface area contributed by atoms with Gasteiger partial charge in [0.05, 0.1) is 38.5 Å². The molecule has 0 aliphatic carbocycles. The van der Waals surface area contributed by atoms with Crippen LogP contribution in [0.25, 0.3) is 0 Å². The summed E-state index contributed by atoms with van der Waals surface area (Å²) in [6.07, 6.45) is 0.244. The number of methoxy groups -OCH3 is 3. The molecule has 0 saturated heterocycles. The number of nitrogens with one attached hydrogen (secondary N) is 1. The molecule has 1 aliphatic rings. The molecule has 0 aromatic heterocycles. The quantitative estimate of drug-likeness (QED) is 0.600. The first-order valence-corrected chi connectivity index (χ1v) is 8.64. The van der Waals surface area contributed by atoms with Crippen molar-refractivity contribution < 1.29 is 28.6 Å². The van der Waals surface area contributed by atoms with E-state index in [0.29, 0.717) is 5.56 Å². The van der Waals surface area contributed by atoms with E-state index in [1.54, 1.807) is 12.1 Å². The molecule has 1 aromatic rings. The Morgan fingerprint density at radius 2 is 1.59 bits per heavy atom. The normalized spacial score (nSPS) is 21.9. The van der Waals surface area contributed by atoms with Gasteiger partial charge in [-0.2, -0.15) is 0 Å². The summed E-state index contributed by atoms with van der Waals surface area (Å²) in [6.45, 7) is 3.82. The van der Waals surface area contributed by atoms with Gasteiger partial charge in [-0.15, -0.1) is 0 Å². The fourth-order valence-electron chi connectivity index (χ4n) is 3.57. The summed E-state index contributed by atoms with van der Waals surface area (Å²) in [7, 11) is 3.68. The van der Waals surface area contributed by atoms with Crippen LogP contribution in [-0.2, 0) is 28.6 Å². The Morgan fingerprint density at radius 3 is 2.07 bits per heavy atom. The zero-order valence-corrected chi connectivity index (χ0v) is 16.2. The Kier molecular flexibility index (Phi) is 6.38.